The van der Waals surface area contributed by atoms with E-state index in [1.165, 1.54) is 5.56 Å². The number of nitrogens with zero attached hydrogens (tertiary/aromatic N) is 5. The Morgan fingerprint density at radius 3 is 2.88 bits per heavy atom. The number of rotatable bonds is 2. The van der Waals surface area contributed by atoms with Gasteiger partial charge in [-0.15, -0.1) is 0 Å². The minimum Gasteiger partial charge on any atom is -0.481 e. The predicted octanol–water partition coefficient (Wildman–Crippen LogP) is 0.924. The molecule has 3 heterocycles. The van der Waals surface area contributed by atoms with Gasteiger partial charge >= 0.3 is 0 Å². The van der Waals surface area contributed by atoms with Gasteiger partial charge in [0.1, 0.15) is 5.82 Å². The molecule has 1 atom stereocenters. The van der Waals surface area contributed by atoms with Crippen LogP contribution in [0.4, 0.5) is 17.7 Å². The summed E-state index contributed by atoms with van der Waals surface area (Å²) in [4.78, 5) is 19.4. The fourth-order valence-corrected chi connectivity index (χ4v) is 3.98. The Morgan fingerprint density at radius 2 is 2.04 bits per heavy atom. The summed E-state index contributed by atoms with van der Waals surface area (Å²) in [6, 6.07) is 1.83. The topological polar surface area (TPSA) is 116 Å². The third kappa shape index (κ3) is 2.38. The van der Waals surface area contributed by atoms with E-state index in [4.69, 9.17) is 16.2 Å². The average molecular weight is 327 g/mol. The fourth-order valence-electron chi connectivity index (χ4n) is 3.98. The Morgan fingerprint density at radius 1 is 1.17 bits per heavy atom. The summed E-state index contributed by atoms with van der Waals surface area (Å²) in [6.07, 6.45) is 6.10. The van der Waals surface area contributed by atoms with E-state index in [9.17, 15) is 0 Å². The van der Waals surface area contributed by atoms with Gasteiger partial charge in [-0.25, -0.2) is 9.97 Å². The van der Waals surface area contributed by atoms with Gasteiger partial charge in [-0.3, -0.25) is 0 Å². The van der Waals surface area contributed by atoms with Crippen molar-refractivity contribution in [3.8, 4) is 5.88 Å². The van der Waals surface area contributed by atoms with Gasteiger partial charge < -0.3 is 21.1 Å². The Labute approximate surface area is 140 Å². The lowest BCUT2D eigenvalue weighted by atomic mass is 9.77. The van der Waals surface area contributed by atoms with Crippen molar-refractivity contribution in [2.24, 2.45) is 0 Å². The molecule has 8 nitrogen and oxygen atoms in total. The van der Waals surface area contributed by atoms with E-state index < -0.39 is 0 Å². The van der Waals surface area contributed by atoms with Crippen molar-refractivity contribution >= 4 is 17.7 Å². The highest BCUT2D eigenvalue weighted by molar-refractivity contribution is 5.48. The van der Waals surface area contributed by atoms with Crippen molar-refractivity contribution < 1.29 is 4.74 Å². The van der Waals surface area contributed by atoms with Crippen molar-refractivity contribution in [3.63, 3.8) is 0 Å². The highest BCUT2D eigenvalue weighted by Crippen LogP contribution is 2.44. The van der Waals surface area contributed by atoms with Gasteiger partial charge in [-0.05, 0) is 31.2 Å². The van der Waals surface area contributed by atoms with Crippen LogP contribution in [0.3, 0.4) is 0 Å². The maximum atomic E-state index is 5.83. The number of hydrogen-bond donors (Lipinski definition) is 2. The van der Waals surface area contributed by atoms with Crippen LogP contribution in [-0.2, 0) is 11.8 Å². The number of nitrogen functional groups attached to an aromatic ring is 2. The molecule has 24 heavy (non-hydrogen) atoms. The molecule has 2 aromatic heterocycles. The van der Waals surface area contributed by atoms with E-state index in [1.807, 2.05) is 12.3 Å². The minimum absolute atomic E-state index is 0.0115. The smallest absolute Gasteiger partial charge is 0.225 e. The molecule has 0 aromatic carbocycles. The van der Waals surface area contributed by atoms with Crippen molar-refractivity contribution in [1.82, 2.24) is 19.9 Å². The Bertz CT molecular complexity index is 777. The van der Waals surface area contributed by atoms with E-state index >= 15 is 0 Å². The van der Waals surface area contributed by atoms with Crippen LogP contribution in [-0.4, -0.2) is 40.1 Å². The molecular weight excluding hydrogens is 306 g/mol. The quantitative estimate of drug-likeness (QED) is 0.836. The molecule has 4 N–H and O–H groups in total. The SMILES string of the molecule is COc1cc(N2CCCC3(CCc4cnc(N)nc43)C2)nc(N)n1. The molecule has 1 aliphatic carbocycles. The first kappa shape index (κ1) is 14.9. The molecule has 1 fully saturated rings. The van der Waals surface area contributed by atoms with Crippen molar-refractivity contribution in [2.45, 2.75) is 31.1 Å². The first-order valence-corrected chi connectivity index (χ1v) is 8.15. The van der Waals surface area contributed by atoms with E-state index in [0.29, 0.717) is 11.8 Å². The first-order valence-electron chi connectivity index (χ1n) is 8.15. The number of aryl methyl sites for hydroxylation is 1. The Kier molecular flexibility index (Phi) is 3.40. The third-order valence-electron chi connectivity index (χ3n) is 5.07. The molecule has 1 spiro atoms. The van der Waals surface area contributed by atoms with E-state index in [2.05, 4.69) is 24.8 Å². The number of anilines is 3. The molecule has 1 aliphatic heterocycles. The van der Waals surface area contributed by atoms with E-state index in [0.717, 1.165) is 50.3 Å². The van der Waals surface area contributed by atoms with Crippen molar-refractivity contribution in [1.29, 1.82) is 0 Å². The highest BCUT2D eigenvalue weighted by Gasteiger charge is 2.44. The van der Waals surface area contributed by atoms with Crippen LogP contribution < -0.4 is 21.1 Å². The second-order valence-corrected chi connectivity index (χ2v) is 6.53. The number of methoxy groups -OCH3 is 1. The van der Waals surface area contributed by atoms with Crippen LogP contribution in [0.25, 0.3) is 0 Å². The number of hydrogen-bond acceptors (Lipinski definition) is 8. The molecule has 0 saturated carbocycles. The molecule has 2 aromatic rings. The van der Waals surface area contributed by atoms with Gasteiger partial charge in [0, 0.05) is 30.8 Å². The summed E-state index contributed by atoms with van der Waals surface area (Å²) in [5.41, 5.74) is 14.0. The summed E-state index contributed by atoms with van der Waals surface area (Å²) < 4.78 is 5.22. The van der Waals surface area contributed by atoms with E-state index in [1.54, 1.807) is 7.11 Å². The van der Waals surface area contributed by atoms with Crippen LogP contribution in [0, 0.1) is 0 Å². The number of aromatic nitrogens is 4. The first-order chi connectivity index (χ1) is 11.6. The predicted molar refractivity (Wildman–Crippen MR) is 90.9 cm³/mol. The van der Waals surface area contributed by atoms with Gasteiger partial charge in [0.05, 0.1) is 12.8 Å². The summed E-state index contributed by atoms with van der Waals surface area (Å²) in [7, 11) is 1.58. The molecular formula is C16H21N7O. The number of piperidine rings is 1. The molecule has 4 rings (SSSR count). The van der Waals surface area contributed by atoms with Crippen LogP contribution in [0.1, 0.15) is 30.5 Å². The molecule has 2 aliphatic rings. The second kappa shape index (κ2) is 5.47. The molecule has 0 bridgehead atoms. The molecule has 1 unspecified atom stereocenters. The van der Waals surface area contributed by atoms with Crippen molar-refractivity contribution in [2.75, 3.05) is 36.6 Å². The maximum Gasteiger partial charge on any atom is 0.225 e. The molecule has 0 radical (unpaired) electrons. The molecule has 1 saturated heterocycles. The lowest BCUT2D eigenvalue weighted by molar-refractivity contribution is 0.333. The largest absolute Gasteiger partial charge is 0.481 e. The Hall–Kier alpha value is -2.64. The van der Waals surface area contributed by atoms with Crippen LogP contribution in [0.5, 0.6) is 5.88 Å². The molecule has 126 valence electrons. The number of fused-ring (bicyclic) bond motifs is 2. The van der Waals surface area contributed by atoms with Gasteiger partial charge in [0.2, 0.25) is 17.8 Å². The van der Waals surface area contributed by atoms with Gasteiger partial charge in [0.25, 0.3) is 0 Å². The normalized spacial score (nSPS) is 22.6. The zero-order valence-electron chi connectivity index (χ0n) is 13.7. The van der Waals surface area contributed by atoms with Gasteiger partial charge in [-0.1, -0.05) is 0 Å². The van der Waals surface area contributed by atoms with Crippen molar-refractivity contribution in [3.05, 3.63) is 23.5 Å². The lowest BCUT2D eigenvalue weighted by Gasteiger charge is -2.41. The molecule has 0 amide bonds. The van der Waals surface area contributed by atoms with Crippen LogP contribution in [0.2, 0.25) is 0 Å². The zero-order chi connectivity index (χ0) is 16.7. The second-order valence-electron chi connectivity index (χ2n) is 6.53. The Balaban J connectivity index is 1.68. The average Bonchev–Trinajstić information content (AvgIpc) is 2.92. The lowest BCUT2D eigenvalue weighted by Crippen LogP contribution is -2.46. The zero-order valence-corrected chi connectivity index (χ0v) is 13.7. The maximum absolute atomic E-state index is 5.83. The monoisotopic (exact) mass is 327 g/mol. The molecule has 8 heteroatoms. The fraction of sp³-hybridized carbons (Fsp3) is 0.500. The van der Waals surface area contributed by atoms with E-state index in [-0.39, 0.29) is 11.4 Å². The summed E-state index contributed by atoms with van der Waals surface area (Å²) >= 11 is 0. The summed E-state index contributed by atoms with van der Waals surface area (Å²) in [5.74, 6) is 1.85. The number of nitrogens with two attached hydrogens (primary N) is 2. The van der Waals surface area contributed by atoms with Gasteiger partial charge in [0.15, 0.2) is 0 Å². The van der Waals surface area contributed by atoms with Crippen LogP contribution >= 0.6 is 0 Å². The summed E-state index contributed by atoms with van der Waals surface area (Å²) in [6.45, 7) is 1.77. The third-order valence-corrected chi connectivity index (χ3v) is 5.07. The van der Waals surface area contributed by atoms with Gasteiger partial charge in [-0.2, -0.15) is 9.97 Å². The summed E-state index contributed by atoms with van der Waals surface area (Å²) in [5, 5.41) is 0. The standard InChI is InChI=1S/C16H21N7O/c1-24-12-7-11(20-15(18)21-12)23-6-2-4-16(9-23)5-3-10-8-19-14(17)22-13(10)16/h7-8H,2-6,9H2,1H3,(H2,17,19,22)(H2,18,20,21). The number of ether oxygens (including phenoxy) is 1. The minimum atomic E-state index is 0.0115. The van der Waals surface area contributed by atoms with Crippen LogP contribution in [0.15, 0.2) is 12.3 Å². The highest BCUT2D eigenvalue weighted by atomic mass is 16.5.